The monoisotopic (exact) mass is 736 g/mol. The van der Waals surface area contributed by atoms with Crippen LogP contribution in [0.15, 0.2) is 170 Å². The number of hydrogen-bond acceptors (Lipinski definition) is 1. The molecule has 0 bridgehead atoms. The van der Waals surface area contributed by atoms with Gasteiger partial charge < -0.3 is 9.47 Å². The Morgan fingerprint density at radius 2 is 1.21 bits per heavy atom. The zero-order valence-corrected chi connectivity index (χ0v) is 33.8. The largest absolute Gasteiger partial charge is 0.310 e. The molecule has 1 heterocycles. The van der Waals surface area contributed by atoms with Crippen molar-refractivity contribution in [3.63, 3.8) is 0 Å². The molecule has 278 valence electrons. The van der Waals surface area contributed by atoms with Gasteiger partial charge in [0.05, 0.1) is 16.7 Å². The Morgan fingerprint density at radius 1 is 0.561 bits per heavy atom. The van der Waals surface area contributed by atoms with E-state index in [4.69, 9.17) is 0 Å². The third-order valence-electron chi connectivity index (χ3n) is 12.8. The molecule has 7 aromatic carbocycles. The number of aromatic nitrogens is 1. The zero-order chi connectivity index (χ0) is 39.1. The van der Waals surface area contributed by atoms with Gasteiger partial charge in [-0.05, 0) is 124 Å². The van der Waals surface area contributed by atoms with Crippen LogP contribution < -0.4 is 4.90 Å². The van der Waals surface area contributed by atoms with Crippen LogP contribution in [0.3, 0.4) is 0 Å². The summed E-state index contributed by atoms with van der Waals surface area (Å²) in [5.41, 5.74) is 20.2. The topological polar surface area (TPSA) is 8.17 Å². The van der Waals surface area contributed by atoms with E-state index in [1.807, 2.05) is 0 Å². The molecule has 0 N–H and O–H groups in total. The maximum Gasteiger partial charge on any atom is 0.0561 e. The number of anilines is 3. The van der Waals surface area contributed by atoms with E-state index in [1.165, 1.54) is 83.1 Å². The third-order valence-corrected chi connectivity index (χ3v) is 12.8. The van der Waals surface area contributed by atoms with Crippen molar-refractivity contribution in [2.45, 2.75) is 58.8 Å². The molecule has 2 heteroatoms. The van der Waals surface area contributed by atoms with Gasteiger partial charge in [-0.3, -0.25) is 0 Å². The number of benzene rings is 7. The van der Waals surface area contributed by atoms with E-state index in [2.05, 4.69) is 221 Å². The molecule has 2 aliphatic rings. The highest BCUT2D eigenvalue weighted by atomic mass is 15.1. The number of hydrogen-bond donors (Lipinski definition) is 0. The molecule has 0 radical (unpaired) electrons. The second kappa shape index (κ2) is 13.1. The number of fused-ring (bicyclic) bond motifs is 9. The van der Waals surface area contributed by atoms with Crippen LogP contribution in [0.1, 0.15) is 75.8 Å². The first kappa shape index (κ1) is 35.1. The van der Waals surface area contributed by atoms with Crippen molar-refractivity contribution in [2.75, 3.05) is 4.90 Å². The normalized spacial score (nSPS) is 14.9. The van der Waals surface area contributed by atoms with Gasteiger partial charge in [-0.1, -0.05) is 144 Å². The second-order valence-corrected chi connectivity index (χ2v) is 16.8. The molecular formula is C55H48N2. The molecule has 0 saturated carbocycles. The van der Waals surface area contributed by atoms with Gasteiger partial charge in [0.25, 0.3) is 0 Å². The lowest BCUT2D eigenvalue weighted by molar-refractivity contribution is 0.652. The average molecular weight is 737 g/mol. The van der Waals surface area contributed by atoms with Crippen LogP contribution in [-0.2, 0) is 10.8 Å². The fraction of sp³-hybridized carbons (Fsp3) is 0.164. The Hall–Kier alpha value is -6.38. The quantitative estimate of drug-likeness (QED) is 0.148. The highest BCUT2D eigenvalue weighted by molar-refractivity contribution is 6.10. The lowest BCUT2D eigenvalue weighted by Crippen LogP contribution is -2.17. The van der Waals surface area contributed by atoms with Gasteiger partial charge in [-0.25, -0.2) is 0 Å². The number of rotatable bonds is 7. The molecule has 1 aromatic heterocycles. The van der Waals surface area contributed by atoms with Crippen LogP contribution in [0, 0.1) is 0 Å². The second-order valence-electron chi connectivity index (χ2n) is 16.8. The zero-order valence-electron chi connectivity index (χ0n) is 33.8. The van der Waals surface area contributed by atoms with Crippen LogP contribution in [-0.4, -0.2) is 4.57 Å². The maximum absolute atomic E-state index is 2.54. The first-order valence-electron chi connectivity index (χ1n) is 20.5. The summed E-state index contributed by atoms with van der Waals surface area (Å²) in [6.45, 7) is 13.9. The number of nitrogens with zero attached hydrogens (tertiary/aromatic N) is 2. The molecule has 0 fully saturated rings. The van der Waals surface area contributed by atoms with E-state index < -0.39 is 0 Å². The summed E-state index contributed by atoms with van der Waals surface area (Å²) in [5, 5.41) is 2.50. The Kier molecular flexibility index (Phi) is 8.06. The van der Waals surface area contributed by atoms with E-state index in [9.17, 15) is 0 Å². The lowest BCUT2D eigenvalue weighted by Gasteiger charge is -2.29. The standard InChI is InChI=1S/C55H48N2/c1-7-17-36(18-8-2)37-27-29-39(30-28-37)56(40-31-32-43-42-22-13-15-25-50(42)57(52(43)33-40)38-19-10-9-11-20-38)51-26-16-24-47-53(51)45-35-48-44(34-49(45)55(47,5)6)41-21-12-14-23-46(41)54(48,3)4/h7,9-35H,8H2,1-6H3/b17-7-,36-18+. The van der Waals surface area contributed by atoms with E-state index >= 15 is 0 Å². The Labute approximate surface area is 337 Å². The van der Waals surface area contributed by atoms with Crippen LogP contribution >= 0.6 is 0 Å². The van der Waals surface area contributed by atoms with E-state index in [0.29, 0.717) is 0 Å². The van der Waals surface area contributed by atoms with Gasteiger partial charge in [-0.2, -0.15) is 0 Å². The minimum Gasteiger partial charge on any atom is -0.310 e. The van der Waals surface area contributed by atoms with Gasteiger partial charge in [0, 0.05) is 44.2 Å². The Morgan fingerprint density at radius 3 is 2.00 bits per heavy atom. The van der Waals surface area contributed by atoms with Crippen LogP contribution in [0.5, 0.6) is 0 Å². The average Bonchev–Trinajstić information content (AvgIpc) is 3.77. The van der Waals surface area contributed by atoms with Crippen LogP contribution in [0.4, 0.5) is 17.1 Å². The predicted molar refractivity (Wildman–Crippen MR) is 244 cm³/mol. The van der Waals surface area contributed by atoms with E-state index in [-0.39, 0.29) is 10.8 Å². The molecule has 10 rings (SSSR count). The van der Waals surface area contributed by atoms with Crippen molar-refractivity contribution < 1.29 is 0 Å². The lowest BCUT2D eigenvalue weighted by atomic mass is 9.79. The maximum atomic E-state index is 2.54. The Bertz CT molecular complexity index is 2930. The highest BCUT2D eigenvalue weighted by Crippen LogP contribution is 2.59. The number of allylic oxidation sites excluding steroid dienone is 4. The van der Waals surface area contributed by atoms with Gasteiger partial charge >= 0.3 is 0 Å². The molecule has 0 aliphatic heterocycles. The van der Waals surface area contributed by atoms with Crippen LogP contribution in [0.2, 0.25) is 0 Å². The van der Waals surface area contributed by atoms with Crippen molar-refractivity contribution in [1.82, 2.24) is 4.57 Å². The molecule has 2 aliphatic carbocycles. The Balaban J connectivity index is 1.24. The molecule has 0 atom stereocenters. The van der Waals surface area contributed by atoms with Crippen molar-refractivity contribution in [2.24, 2.45) is 0 Å². The summed E-state index contributed by atoms with van der Waals surface area (Å²) in [6.07, 6.45) is 7.64. The minimum absolute atomic E-state index is 0.0924. The van der Waals surface area contributed by atoms with E-state index in [1.54, 1.807) is 0 Å². The molecular weight excluding hydrogens is 689 g/mol. The van der Waals surface area contributed by atoms with Gasteiger partial charge in [0.1, 0.15) is 0 Å². The summed E-state index contributed by atoms with van der Waals surface area (Å²) >= 11 is 0. The summed E-state index contributed by atoms with van der Waals surface area (Å²) in [5.74, 6) is 0. The van der Waals surface area contributed by atoms with Gasteiger partial charge in [-0.15, -0.1) is 0 Å². The molecule has 0 unspecified atom stereocenters. The molecule has 2 nitrogen and oxygen atoms in total. The fourth-order valence-corrected chi connectivity index (χ4v) is 10.0. The molecule has 0 spiro atoms. The fourth-order valence-electron chi connectivity index (χ4n) is 10.0. The minimum atomic E-state index is -0.178. The van der Waals surface area contributed by atoms with Crippen molar-refractivity contribution in [3.8, 4) is 27.9 Å². The highest BCUT2D eigenvalue weighted by Gasteiger charge is 2.43. The first-order chi connectivity index (χ1) is 27.7. The number of para-hydroxylation sites is 2. The summed E-state index contributed by atoms with van der Waals surface area (Å²) in [6, 6.07) is 56.8. The summed E-state index contributed by atoms with van der Waals surface area (Å²) in [4.78, 5) is 2.51. The van der Waals surface area contributed by atoms with Crippen molar-refractivity contribution in [3.05, 3.63) is 198 Å². The van der Waals surface area contributed by atoms with E-state index in [0.717, 1.165) is 23.5 Å². The van der Waals surface area contributed by atoms with Gasteiger partial charge in [0.15, 0.2) is 0 Å². The molecule has 0 amide bonds. The van der Waals surface area contributed by atoms with Gasteiger partial charge in [0.2, 0.25) is 0 Å². The molecule has 0 saturated heterocycles. The summed E-state index contributed by atoms with van der Waals surface area (Å²) < 4.78 is 2.42. The third kappa shape index (κ3) is 5.23. The SMILES string of the molecule is C/C=C\C(=C/CC)c1ccc(N(c2ccc3c4ccccc4n(-c4ccccc4)c3c2)c2cccc3c2-c2cc4c(cc2C3(C)C)-c2ccccc2C4(C)C)cc1. The first-order valence-corrected chi connectivity index (χ1v) is 20.5. The molecule has 57 heavy (non-hydrogen) atoms. The van der Waals surface area contributed by atoms with Crippen molar-refractivity contribution >= 4 is 44.4 Å². The van der Waals surface area contributed by atoms with Crippen LogP contribution in [0.25, 0.3) is 55.3 Å². The smallest absolute Gasteiger partial charge is 0.0561 e. The predicted octanol–water partition coefficient (Wildman–Crippen LogP) is 15.2. The molecule has 8 aromatic rings. The summed E-state index contributed by atoms with van der Waals surface area (Å²) in [7, 11) is 0. The van der Waals surface area contributed by atoms with Crippen molar-refractivity contribution in [1.29, 1.82) is 0 Å².